The van der Waals surface area contributed by atoms with Crippen LogP contribution in [0.2, 0.25) is 0 Å². The van der Waals surface area contributed by atoms with Crippen molar-refractivity contribution in [2.75, 3.05) is 13.7 Å². The van der Waals surface area contributed by atoms with Gasteiger partial charge in [0.2, 0.25) is 0 Å². The number of carboxylic acid groups (broad SMARTS) is 1. The Morgan fingerprint density at radius 3 is 2.55 bits per heavy atom. The highest BCUT2D eigenvalue weighted by molar-refractivity contribution is 8.00. The first-order chi connectivity index (χ1) is 9.45. The van der Waals surface area contributed by atoms with E-state index in [1.807, 2.05) is 26.0 Å². The maximum Gasteiger partial charge on any atom is 0.334 e. The summed E-state index contributed by atoms with van der Waals surface area (Å²) in [6, 6.07) is 7.26. The first kappa shape index (κ1) is 16.5. The molecule has 1 aromatic carbocycles. The molecule has 1 amide bonds. The largest absolute Gasteiger partial charge is 0.479 e. The van der Waals surface area contributed by atoms with Crippen molar-refractivity contribution in [1.29, 1.82) is 0 Å². The van der Waals surface area contributed by atoms with Crippen LogP contribution in [0.3, 0.4) is 0 Å². The maximum atomic E-state index is 12.1. The molecule has 0 heterocycles. The van der Waals surface area contributed by atoms with Crippen LogP contribution in [0, 0.1) is 0 Å². The molecular weight excluding hydrogens is 278 g/mol. The number of carboxylic acids is 1. The standard InChI is InChI=1S/C14H19NO4S/c1-9(2)20-12-7-5-4-6-10(12)13(16)15-8-11(19-3)14(17)18/h4-7,9,11H,8H2,1-3H3,(H,15,16)(H,17,18). The van der Waals surface area contributed by atoms with E-state index in [9.17, 15) is 9.59 Å². The van der Waals surface area contributed by atoms with Gasteiger partial charge in [-0.1, -0.05) is 26.0 Å². The van der Waals surface area contributed by atoms with Crippen LogP contribution in [0.25, 0.3) is 0 Å². The quantitative estimate of drug-likeness (QED) is 0.753. The van der Waals surface area contributed by atoms with E-state index in [0.29, 0.717) is 10.8 Å². The Kier molecular flexibility index (Phi) is 6.54. The number of ether oxygens (including phenoxy) is 1. The molecule has 1 aromatic rings. The highest BCUT2D eigenvalue weighted by atomic mass is 32.2. The third-order valence-electron chi connectivity index (χ3n) is 2.50. The van der Waals surface area contributed by atoms with Crippen LogP contribution in [0.1, 0.15) is 24.2 Å². The number of thioether (sulfide) groups is 1. The molecule has 1 rings (SSSR count). The lowest BCUT2D eigenvalue weighted by Gasteiger charge is -2.14. The van der Waals surface area contributed by atoms with Gasteiger partial charge in [0.05, 0.1) is 12.1 Å². The molecular formula is C14H19NO4S. The van der Waals surface area contributed by atoms with Gasteiger partial charge in [0.15, 0.2) is 6.10 Å². The second-order valence-corrected chi connectivity index (χ2v) is 6.05. The molecule has 6 heteroatoms. The third kappa shape index (κ3) is 4.86. The van der Waals surface area contributed by atoms with Gasteiger partial charge in [-0.15, -0.1) is 11.8 Å². The predicted molar refractivity (Wildman–Crippen MR) is 78.2 cm³/mol. The topological polar surface area (TPSA) is 75.6 Å². The molecule has 1 unspecified atom stereocenters. The molecule has 0 aliphatic carbocycles. The Hall–Kier alpha value is -1.53. The van der Waals surface area contributed by atoms with E-state index in [0.717, 1.165) is 4.90 Å². The molecule has 2 N–H and O–H groups in total. The van der Waals surface area contributed by atoms with Crippen LogP contribution >= 0.6 is 11.8 Å². The summed E-state index contributed by atoms with van der Waals surface area (Å²) in [5.41, 5.74) is 0.548. The van der Waals surface area contributed by atoms with Gasteiger partial charge in [0, 0.05) is 17.3 Å². The molecule has 0 aliphatic rings. The Balaban J connectivity index is 2.74. The van der Waals surface area contributed by atoms with Crippen molar-refractivity contribution in [2.45, 2.75) is 30.1 Å². The highest BCUT2D eigenvalue weighted by Crippen LogP contribution is 2.26. The lowest BCUT2D eigenvalue weighted by atomic mass is 10.2. The minimum absolute atomic E-state index is 0.0641. The van der Waals surface area contributed by atoms with Crippen molar-refractivity contribution in [3.8, 4) is 0 Å². The maximum absolute atomic E-state index is 12.1. The van der Waals surface area contributed by atoms with E-state index >= 15 is 0 Å². The number of hydrogen-bond acceptors (Lipinski definition) is 4. The van der Waals surface area contributed by atoms with Gasteiger partial charge in [-0.25, -0.2) is 4.79 Å². The van der Waals surface area contributed by atoms with Crippen molar-refractivity contribution in [3.05, 3.63) is 29.8 Å². The van der Waals surface area contributed by atoms with Crippen molar-refractivity contribution in [3.63, 3.8) is 0 Å². The molecule has 5 nitrogen and oxygen atoms in total. The van der Waals surface area contributed by atoms with E-state index in [2.05, 4.69) is 5.32 Å². The zero-order valence-corrected chi connectivity index (χ0v) is 12.6. The van der Waals surface area contributed by atoms with Crippen LogP contribution < -0.4 is 5.32 Å². The predicted octanol–water partition coefficient (Wildman–Crippen LogP) is 2.02. The minimum atomic E-state index is -1.10. The fourth-order valence-corrected chi connectivity index (χ4v) is 2.52. The Morgan fingerprint density at radius 2 is 2.00 bits per heavy atom. The monoisotopic (exact) mass is 297 g/mol. The summed E-state index contributed by atoms with van der Waals surface area (Å²) in [7, 11) is 1.30. The SMILES string of the molecule is COC(CNC(=O)c1ccccc1SC(C)C)C(=O)O. The number of nitrogens with one attached hydrogen (secondary N) is 1. The highest BCUT2D eigenvalue weighted by Gasteiger charge is 2.19. The lowest BCUT2D eigenvalue weighted by Crippen LogP contribution is -2.38. The second kappa shape index (κ2) is 7.91. The lowest BCUT2D eigenvalue weighted by molar-refractivity contribution is -0.148. The van der Waals surface area contributed by atoms with Crippen molar-refractivity contribution in [2.24, 2.45) is 0 Å². The molecule has 0 aromatic heterocycles. The molecule has 0 aliphatic heterocycles. The zero-order chi connectivity index (χ0) is 15.1. The number of amides is 1. The number of carbonyl (C=O) groups excluding carboxylic acids is 1. The van der Waals surface area contributed by atoms with E-state index in [-0.39, 0.29) is 12.5 Å². The van der Waals surface area contributed by atoms with Crippen LogP contribution in [0.4, 0.5) is 0 Å². The average Bonchev–Trinajstić information content (AvgIpc) is 2.38. The number of methoxy groups -OCH3 is 1. The normalized spacial score (nSPS) is 12.2. The first-order valence-electron chi connectivity index (χ1n) is 6.25. The van der Waals surface area contributed by atoms with Gasteiger partial charge in [-0.2, -0.15) is 0 Å². The van der Waals surface area contributed by atoms with Crippen molar-refractivity contribution >= 4 is 23.6 Å². The molecule has 20 heavy (non-hydrogen) atoms. The molecule has 0 radical (unpaired) electrons. The number of rotatable bonds is 7. The van der Waals surface area contributed by atoms with Gasteiger partial charge in [-0.05, 0) is 12.1 Å². The van der Waals surface area contributed by atoms with E-state index < -0.39 is 12.1 Å². The number of hydrogen-bond donors (Lipinski definition) is 2. The smallest absolute Gasteiger partial charge is 0.334 e. The van der Waals surface area contributed by atoms with E-state index in [1.54, 1.807) is 23.9 Å². The minimum Gasteiger partial charge on any atom is -0.479 e. The summed E-state index contributed by atoms with van der Waals surface area (Å²) in [6.45, 7) is 4.03. The molecule has 110 valence electrons. The average molecular weight is 297 g/mol. The summed E-state index contributed by atoms with van der Waals surface area (Å²) in [5.74, 6) is -1.39. The molecule has 0 saturated carbocycles. The van der Waals surface area contributed by atoms with Crippen LogP contribution in [0.5, 0.6) is 0 Å². The summed E-state index contributed by atoms with van der Waals surface area (Å²) in [5, 5.41) is 11.8. The fraction of sp³-hybridized carbons (Fsp3) is 0.429. The van der Waals surface area contributed by atoms with Gasteiger partial charge >= 0.3 is 5.97 Å². The summed E-state index contributed by atoms with van der Waals surface area (Å²) in [6.07, 6.45) is -1.04. The second-order valence-electron chi connectivity index (χ2n) is 4.44. The van der Waals surface area contributed by atoms with Crippen molar-refractivity contribution in [1.82, 2.24) is 5.32 Å². The summed E-state index contributed by atoms with van der Waals surface area (Å²) < 4.78 is 4.77. The van der Waals surface area contributed by atoms with Gasteiger partial charge in [0.25, 0.3) is 5.91 Å². The van der Waals surface area contributed by atoms with Crippen LogP contribution in [-0.4, -0.2) is 42.0 Å². The molecule has 0 saturated heterocycles. The Morgan fingerprint density at radius 1 is 1.35 bits per heavy atom. The Bertz CT molecular complexity index is 476. The van der Waals surface area contributed by atoms with Gasteiger partial charge < -0.3 is 15.2 Å². The first-order valence-corrected chi connectivity index (χ1v) is 7.13. The van der Waals surface area contributed by atoms with Gasteiger partial charge in [0.1, 0.15) is 0 Å². The Labute approximate surface area is 122 Å². The molecule has 1 atom stereocenters. The fourth-order valence-electron chi connectivity index (χ4n) is 1.56. The van der Waals surface area contributed by atoms with Crippen LogP contribution in [-0.2, 0) is 9.53 Å². The third-order valence-corrected chi connectivity index (χ3v) is 3.58. The zero-order valence-electron chi connectivity index (χ0n) is 11.8. The summed E-state index contributed by atoms with van der Waals surface area (Å²) >= 11 is 1.59. The molecule has 0 bridgehead atoms. The van der Waals surface area contributed by atoms with Crippen molar-refractivity contribution < 1.29 is 19.4 Å². The summed E-state index contributed by atoms with van der Waals surface area (Å²) in [4.78, 5) is 23.8. The van der Waals surface area contributed by atoms with E-state index in [1.165, 1.54) is 7.11 Å². The molecule has 0 spiro atoms. The van der Waals surface area contributed by atoms with Gasteiger partial charge in [-0.3, -0.25) is 4.79 Å². The number of carbonyl (C=O) groups is 2. The number of benzene rings is 1. The number of aliphatic carboxylic acids is 1. The molecule has 0 fully saturated rings. The van der Waals surface area contributed by atoms with Crippen LogP contribution in [0.15, 0.2) is 29.2 Å². The van der Waals surface area contributed by atoms with E-state index in [4.69, 9.17) is 9.84 Å².